The summed E-state index contributed by atoms with van der Waals surface area (Å²) in [7, 11) is 2.00. The molecular weight excluding hydrogens is 279 g/mol. The molecule has 0 heterocycles. The zero-order valence-corrected chi connectivity index (χ0v) is 13.9. The molecule has 0 bridgehead atoms. The monoisotopic (exact) mass is 307 g/mol. The maximum Gasteiger partial charge on any atom is 0.275 e. The van der Waals surface area contributed by atoms with E-state index in [-0.39, 0.29) is 11.7 Å². The quantitative estimate of drug-likeness (QED) is 0.854. The van der Waals surface area contributed by atoms with E-state index in [0.29, 0.717) is 24.4 Å². The summed E-state index contributed by atoms with van der Waals surface area (Å²) in [6.45, 7) is 5.69. The van der Waals surface area contributed by atoms with E-state index in [1.54, 1.807) is 12.1 Å². The van der Waals surface area contributed by atoms with Crippen molar-refractivity contribution in [1.29, 1.82) is 0 Å². The third-order valence-corrected chi connectivity index (χ3v) is 4.93. The lowest BCUT2D eigenvalue weighted by atomic mass is 9.78. The molecule has 0 spiro atoms. The first-order chi connectivity index (χ1) is 10.5. The molecule has 0 aliphatic heterocycles. The highest BCUT2D eigenvalue weighted by Gasteiger charge is 2.28. The van der Waals surface area contributed by atoms with Gasteiger partial charge in [0.1, 0.15) is 12.4 Å². The minimum Gasteiger partial charge on any atom is -0.348 e. The summed E-state index contributed by atoms with van der Waals surface area (Å²) in [5, 5.41) is 3.21. The van der Waals surface area contributed by atoms with Crippen LogP contribution in [0.25, 0.3) is 0 Å². The molecule has 2 rings (SSSR count). The van der Waals surface area contributed by atoms with Crippen LogP contribution in [-0.4, -0.2) is 25.5 Å². The summed E-state index contributed by atoms with van der Waals surface area (Å²) in [6, 6.07) is 6.81. The number of amides is 1. The summed E-state index contributed by atoms with van der Waals surface area (Å²) >= 11 is 0. The second-order valence-corrected chi connectivity index (χ2v) is 6.88. The number of nitrogens with one attached hydrogen (secondary N) is 2. The van der Waals surface area contributed by atoms with Crippen LogP contribution in [-0.2, 0) is 11.3 Å². The van der Waals surface area contributed by atoms with Crippen molar-refractivity contribution in [1.82, 2.24) is 5.32 Å². The van der Waals surface area contributed by atoms with Crippen molar-refractivity contribution in [2.45, 2.75) is 45.7 Å². The standard InChI is InChI=1S/C18H27FN2O/c1-13-5-4-6-17(14(13)2)20-18(22)12-21(3)11-15-7-9-16(19)10-8-15/h7-10,13-14,17H,4-6,11-12H2,1-3H3,(H,20,22)/p+1/t13-,14-,17+/m1/s1. The molecule has 4 heteroatoms. The molecule has 1 aliphatic carbocycles. The fourth-order valence-electron chi connectivity index (χ4n) is 3.33. The molecule has 4 atom stereocenters. The Labute approximate surface area is 132 Å². The summed E-state index contributed by atoms with van der Waals surface area (Å²) in [4.78, 5) is 13.3. The SMILES string of the molecule is C[C@@H]1[C@H](C)CCC[C@@H]1NC(=O)C[NH+](C)Cc1ccc(F)cc1. The molecule has 0 saturated heterocycles. The maximum atomic E-state index is 12.9. The van der Waals surface area contributed by atoms with Gasteiger partial charge in [-0.05, 0) is 30.4 Å². The van der Waals surface area contributed by atoms with Crippen molar-refractivity contribution in [3.63, 3.8) is 0 Å². The highest BCUT2D eigenvalue weighted by molar-refractivity contribution is 5.77. The van der Waals surface area contributed by atoms with Crippen LogP contribution in [0.2, 0.25) is 0 Å². The van der Waals surface area contributed by atoms with Gasteiger partial charge in [-0.25, -0.2) is 4.39 Å². The smallest absolute Gasteiger partial charge is 0.275 e. The van der Waals surface area contributed by atoms with Gasteiger partial charge in [-0.3, -0.25) is 4.79 Å². The number of quaternary nitrogens is 1. The zero-order chi connectivity index (χ0) is 16.1. The van der Waals surface area contributed by atoms with E-state index in [0.717, 1.165) is 23.4 Å². The molecule has 1 fully saturated rings. The Morgan fingerprint density at radius 3 is 2.64 bits per heavy atom. The number of carbonyl (C=O) groups is 1. The van der Waals surface area contributed by atoms with Crippen LogP contribution in [0.3, 0.4) is 0 Å². The molecule has 1 saturated carbocycles. The van der Waals surface area contributed by atoms with E-state index in [1.165, 1.54) is 25.0 Å². The van der Waals surface area contributed by atoms with Crippen LogP contribution in [0.15, 0.2) is 24.3 Å². The van der Waals surface area contributed by atoms with Crippen molar-refractivity contribution < 1.29 is 14.1 Å². The Balaban J connectivity index is 1.79. The predicted octanol–water partition coefficient (Wildman–Crippen LogP) is 1.78. The van der Waals surface area contributed by atoms with Gasteiger partial charge >= 0.3 is 0 Å². The van der Waals surface area contributed by atoms with Gasteiger partial charge in [0, 0.05) is 11.6 Å². The number of halogens is 1. The highest BCUT2D eigenvalue weighted by Crippen LogP contribution is 2.29. The van der Waals surface area contributed by atoms with E-state index in [4.69, 9.17) is 0 Å². The summed E-state index contributed by atoms with van der Waals surface area (Å²) in [5.74, 6) is 1.13. The third kappa shape index (κ3) is 4.80. The maximum absolute atomic E-state index is 12.9. The summed E-state index contributed by atoms with van der Waals surface area (Å²) in [6.07, 6.45) is 3.56. The fourth-order valence-corrected chi connectivity index (χ4v) is 3.33. The molecular formula is C18H28FN2O+. The second-order valence-electron chi connectivity index (χ2n) is 6.88. The van der Waals surface area contributed by atoms with E-state index < -0.39 is 0 Å². The fraction of sp³-hybridized carbons (Fsp3) is 0.611. The van der Waals surface area contributed by atoms with Crippen LogP contribution >= 0.6 is 0 Å². The van der Waals surface area contributed by atoms with Gasteiger partial charge in [0.05, 0.1) is 7.05 Å². The molecule has 1 unspecified atom stereocenters. The molecule has 22 heavy (non-hydrogen) atoms. The molecule has 3 nitrogen and oxygen atoms in total. The average Bonchev–Trinajstić information content (AvgIpc) is 2.46. The van der Waals surface area contributed by atoms with E-state index >= 15 is 0 Å². The number of hydrogen-bond donors (Lipinski definition) is 2. The zero-order valence-electron chi connectivity index (χ0n) is 13.9. The molecule has 1 aromatic rings. The molecule has 1 amide bonds. The van der Waals surface area contributed by atoms with E-state index in [9.17, 15) is 9.18 Å². The number of rotatable bonds is 5. The molecule has 1 aromatic carbocycles. The second kappa shape index (κ2) is 7.73. The van der Waals surface area contributed by atoms with Gasteiger partial charge in [-0.1, -0.05) is 38.8 Å². The molecule has 1 aliphatic rings. The highest BCUT2D eigenvalue weighted by atomic mass is 19.1. The molecule has 122 valence electrons. The Morgan fingerprint density at radius 2 is 1.95 bits per heavy atom. The van der Waals surface area contributed by atoms with Gasteiger partial charge in [0.25, 0.3) is 5.91 Å². The van der Waals surface area contributed by atoms with Crippen molar-refractivity contribution in [2.24, 2.45) is 11.8 Å². The van der Waals surface area contributed by atoms with Gasteiger partial charge in [-0.2, -0.15) is 0 Å². The Bertz CT molecular complexity index is 488. The van der Waals surface area contributed by atoms with Crippen LogP contribution in [0.1, 0.15) is 38.7 Å². The first-order valence-corrected chi connectivity index (χ1v) is 8.31. The Hall–Kier alpha value is -1.42. The minimum atomic E-state index is -0.223. The van der Waals surface area contributed by atoms with Crippen LogP contribution in [0, 0.1) is 17.7 Å². The Morgan fingerprint density at radius 1 is 1.27 bits per heavy atom. The Kier molecular flexibility index (Phi) is 5.95. The van der Waals surface area contributed by atoms with E-state index in [2.05, 4.69) is 19.2 Å². The molecule has 0 radical (unpaired) electrons. The number of hydrogen-bond acceptors (Lipinski definition) is 1. The van der Waals surface area contributed by atoms with Crippen molar-refractivity contribution in [2.75, 3.05) is 13.6 Å². The molecule has 2 N–H and O–H groups in total. The first kappa shape index (κ1) is 16.9. The average molecular weight is 307 g/mol. The predicted molar refractivity (Wildman–Crippen MR) is 86.0 cm³/mol. The van der Waals surface area contributed by atoms with Crippen LogP contribution < -0.4 is 10.2 Å². The lowest BCUT2D eigenvalue weighted by Crippen LogP contribution is -3.09. The normalized spacial score (nSPS) is 26.5. The van der Waals surface area contributed by atoms with Crippen LogP contribution in [0.4, 0.5) is 4.39 Å². The third-order valence-electron chi connectivity index (χ3n) is 4.93. The summed E-state index contributed by atoms with van der Waals surface area (Å²) < 4.78 is 12.9. The largest absolute Gasteiger partial charge is 0.348 e. The summed E-state index contributed by atoms with van der Waals surface area (Å²) in [5.41, 5.74) is 1.05. The number of benzene rings is 1. The van der Waals surface area contributed by atoms with E-state index in [1.807, 2.05) is 7.05 Å². The van der Waals surface area contributed by atoms with Gasteiger partial charge in [0.2, 0.25) is 0 Å². The van der Waals surface area contributed by atoms with Crippen molar-refractivity contribution in [3.05, 3.63) is 35.6 Å². The number of carbonyl (C=O) groups excluding carboxylic acids is 1. The lowest BCUT2D eigenvalue weighted by molar-refractivity contribution is -0.885. The minimum absolute atomic E-state index is 0.116. The van der Waals surface area contributed by atoms with Crippen LogP contribution in [0.5, 0.6) is 0 Å². The van der Waals surface area contributed by atoms with Crippen molar-refractivity contribution >= 4 is 5.91 Å². The topological polar surface area (TPSA) is 33.5 Å². The van der Waals surface area contributed by atoms with Gasteiger partial charge < -0.3 is 10.2 Å². The lowest BCUT2D eigenvalue weighted by Gasteiger charge is -2.34. The van der Waals surface area contributed by atoms with Gasteiger partial charge in [0.15, 0.2) is 6.54 Å². The molecule has 0 aromatic heterocycles. The van der Waals surface area contributed by atoms with Gasteiger partial charge in [-0.15, -0.1) is 0 Å². The first-order valence-electron chi connectivity index (χ1n) is 8.31. The number of likely N-dealkylation sites (N-methyl/N-ethyl adjacent to an activating group) is 1. The van der Waals surface area contributed by atoms with Crippen molar-refractivity contribution in [3.8, 4) is 0 Å².